The summed E-state index contributed by atoms with van der Waals surface area (Å²) in [5, 5.41) is 5.76. The number of carbonyl (C=O) groups excluding carboxylic acids is 3. The van der Waals surface area contributed by atoms with Gasteiger partial charge in [0.15, 0.2) is 5.54 Å². The largest absolute Gasteiger partial charge is 0.353 e. The van der Waals surface area contributed by atoms with Crippen LogP contribution in [0.1, 0.15) is 29.5 Å². The SMILES string of the molecule is O=C(/C=C\c1cccnc1)NCCCCN1C(=O)NC(c2ccccc2)(c2ccccc2)C1=O. The van der Waals surface area contributed by atoms with Gasteiger partial charge in [-0.05, 0) is 41.7 Å². The minimum absolute atomic E-state index is 0.203. The molecule has 1 saturated heterocycles. The van der Waals surface area contributed by atoms with Crippen molar-refractivity contribution in [1.29, 1.82) is 0 Å². The number of urea groups is 1. The zero-order valence-electron chi connectivity index (χ0n) is 18.7. The van der Waals surface area contributed by atoms with Gasteiger partial charge in [0.25, 0.3) is 5.91 Å². The van der Waals surface area contributed by atoms with E-state index in [-0.39, 0.29) is 18.4 Å². The van der Waals surface area contributed by atoms with Gasteiger partial charge in [-0.2, -0.15) is 0 Å². The Balaban J connectivity index is 1.35. The Hall–Kier alpha value is -4.26. The molecule has 2 N–H and O–H groups in total. The maximum Gasteiger partial charge on any atom is 0.325 e. The van der Waals surface area contributed by atoms with Gasteiger partial charge >= 0.3 is 6.03 Å². The lowest BCUT2D eigenvalue weighted by Crippen LogP contribution is -2.45. The minimum atomic E-state index is -1.25. The van der Waals surface area contributed by atoms with Crippen LogP contribution in [-0.2, 0) is 15.1 Å². The lowest BCUT2D eigenvalue weighted by molar-refractivity contribution is -0.130. The van der Waals surface area contributed by atoms with E-state index < -0.39 is 11.6 Å². The Morgan fingerprint density at radius 3 is 2.24 bits per heavy atom. The lowest BCUT2D eigenvalue weighted by Gasteiger charge is -2.28. The van der Waals surface area contributed by atoms with E-state index in [9.17, 15) is 14.4 Å². The highest BCUT2D eigenvalue weighted by Crippen LogP contribution is 2.36. The maximum absolute atomic E-state index is 13.6. The van der Waals surface area contributed by atoms with Gasteiger partial charge in [-0.25, -0.2) is 4.79 Å². The molecule has 0 spiro atoms. The van der Waals surface area contributed by atoms with Crippen molar-refractivity contribution in [3.05, 3.63) is 108 Å². The standard InChI is InChI=1S/C27H26N4O3/c32-24(16-15-21-10-9-17-28-20-21)29-18-7-8-19-31-25(33)27(30-26(31)34,22-11-3-1-4-12-22)23-13-5-2-6-14-23/h1-6,9-17,20H,7-8,18-19H2,(H,29,32)(H,30,34)/b16-15-. The molecule has 34 heavy (non-hydrogen) atoms. The van der Waals surface area contributed by atoms with Crippen molar-refractivity contribution in [3.63, 3.8) is 0 Å². The number of pyridine rings is 1. The molecule has 1 fully saturated rings. The molecule has 0 saturated carbocycles. The van der Waals surface area contributed by atoms with Crippen LogP contribution < -0.4 is 10.6 Å². The van der Waals surface area contributed by atoms with Crippen LogP contribution >= 0.6 is 0 Å². The molecule has 2 heterocycles. The van der Waals surface area contributed by atoms with Crippen molar-refractivity contribution in [2.24, 2.45) is 0 Å². The first-order chi connectivity index (χ1) is 16.6. The van der Waals surface area contributed by atoms with Gasteiger partial charge in [0, 0.05) is 31.6 Å². The highest BCUT2D eigenvalue weighted by atomic mass is 16.2. The summed E-state index contributed by atoms with van der Waals surface area (Å²) in [6.07, 6.45) is 7.71. The van der Waals surface area contributed by atoms with Crippen molar-refractivity contribution in [3.8, 4) is 0 Å². The van der Waals surface area contributed by atoms with Gasteiger partial charge in [-0.15, -0.1) is 0 Å². The summed E-state index contributed by atoms with van der Waals surface area (Å²) in [5.74, 6) is -0.496. The van der Waals surface area contributed by atoms with Crippen LogP contribution in [0.2, 0.25) is 0 Å². The molecule has 172 valence electrons. The topological polar surface area (TPSA) is 91.4 Å². The highest BCUT2D eigenvalue weighted by Gasteiger charge is 2.53. The van der Waals surface area contributed by atoms with Crippen LogP contribution in [0.15, 0.2) is 91.3 Å². The van der Waals surface area contributed by atoms with Gasteiger partial charge in [0.2, 0.25) is 5.91 Å². The summed E-state index contributed by atoms with van der Waals surface area (Å²) < 4.78 is 0. The Labute approximate surface area is 198 Å². The first kappa shape index (κ1) is 22.9. The van der Waals surface area contributed by atoms with E-state index in [0.29, 0.717) is 19.4 Å². The van der Waals surface area contributed by atoms with Crippen LogP contribution in [0.3, 0.4) is 0 Å². The summed E-state index contributed by atoms with van der Waals surface area (Å²) >= 11 is 0. The predicted molar refractivity (Wildman–Crippen MR) is 129 cm³/mol. The molecule has 0 bridgehead atoms. The molecule has 0 unspecified atom stereocenters. The highest BCUT2D eigenvalue weighted by molar-refractivity contribution is 6.09. The molecule has 3 aromatic rings. The number of nitrogens with one attached hydrogen (secondary N) is 2. The third-order valence-electron chi connectivity index (χ3n) is 5.74. The fraction of sp³-hybridized carbons (Fsp3) is 0.185. The molecule has 1 aromatic heterocycles. The third-order valence-corrected chi connectivity index (χ3v) is 5.74. The van der Waals surface area contributed by atoms with E-state index in [1.54, 1.807) is 24.5 Å². The normalized spacial score (nSPS) is 14.9. The van der Waals surface area contributed by atoms with Gasteiger partial charge in [-0.3, -0.25) is 19.5 Å². The zero-order chi connectivity index (χ0) is 23.8. The number of carbonyl (C=O) groups is 3. The summed E-state index contributed by atoms with van der Waals surface area (Å²) in [7, 11) is 0. The first-order valence-corrected chi connectivity index (χ1v) is 11.2. The summed E-state index contributed by atoms with van der Waals surface area (Å²) in [6, 6.07) is 21.8. The number of imide groups is 1. The van der Waals surface area contributed by atoms with E-state index in [1.165, 1.54) is 11.0 Å². The number of amides is 4. The molecule has 1 aliphatic heterocycles. The molecular formula is C27H26N4O3. The van der Waals surface area contributed by atoms with Crippen molar-refractivity contribution in [2.75, 3.05) is 13.1 Å². The predicted octanol–water partition coefficient (Wildman–Crippen LogP) is 3.49. The second-order valence-electron chi connectivity index (χ2n) is 7.99. The zero-order valence-corrected chi connectivity index (χ0v) is 18.7. The average molecular weight is 455 g/mol. The van der Waals surface area contributed by atoms with Crippen molar-refractivity contribution < 1.29 is 14.4 Å². The summed E-state index contributed by atoms with van der Waals surface area (Å²) in [6.45, 7) is 0.718. The number of rotatable bonds is 9. The quantitative estimate of drug-likeness (QED) is 0.294. The first-order valence-electron chi connectivity index (χ1n) is 11.2. The van der Waals surface area contributed by atoms with E-state index in [0.717, 1.165) is 16.7 Å². The fourth-order valence-electron chi connectivity index (χ4n) is 4.03. The molecule has 7 nitrogen and oxygen atoms in total. The van der Waals surface area contributed by atoms with Crippen LogP contribution in [0.25, 0.3) is 6.08 Å². The van der Waals surface area contributed by atoms with Crippen LogP contribution in [0.5, 0.6) is 0 Å². The number of unbranched alkanes of at least 4 members (excludes halogenated alkanes) is 1. The Morgan fingerprint density at radius 2 is 1.62 bits per heavy atom. The molecule has 1 aliphatic rings. The van der Waals surface area contributed by atoms with E-state index in [1.807, 2.05) is 66.7 Å². The Kier molecular flexibility index (Phi) is 7.13. The van der Waals surface area contributed by atoms with Crippen molar-refractivity contribution in [1.82, 2.24) is 20.5 Å². The molecule has 4 rings (SSSR count). The number of hydrogen-bond donors (Lipinski definition) is 2. The van der Waals surface area contributed by atoms with Gasteiger partial charge in [0.1, 0.15) is 0 Å². The smallest absolute Gasteiger partial charge is 0.325 e. The summed E-state index contributed by atoms with van der Waals surface area (Å²) in [5.41, 5.74) is 1.03. The second kappa shape index (κ2) is 10.6. The molecule has 7 heteroatoms. The van der Waals surface area contributed by atoms with Crippen molar-refractivity contribution >= 4 is 23.9 Å². The monoisotopic (exact) mass is 454 g/mol. The van der Waals surface area contributed by atoms with Gasteiger partial charge in [0.05, 0.1) is 0 Å². The van der Waals surface area contributed by atoms with E-state index in [2.05, 4.69) is 15.6 Å². The Morgan fingerprint density at radius 1 is 0.941 bits per heavy atom. The fourth-order valence-corrected chi connectivity index (χ4v) is 4.03. The summed E-state index contributed by atoms with van der Waals surface area (Å²) in [4.78, 5) is 43.7. The number of nitrogens with zero attached hydrogens (tertiary/aromatic N) is 2. The lowest BCUT2D eigenvalue weighted by atomic mass is 9.82. The molecular weight excluding hydrogens is 428 g/mol. The maximum atomic E-state index is 13.6. The number of hydrogen-bond acceptors (Lipinski definition) is 4. The molecule has 2 aromatic carbocycles. The van der Waals surface area contributed by atoms with Crippen LogP contribution in [0, 0.1) is 0 Å². The second-order valence-corrected chi connectivity index (χ2v) is 7.99. The van der Waals surface area contributed by atoms with Gasteiger partial charge in [-0.1, -0.05) is 66.7 Å². The number of aromatic nitrogens is 1. The van der Waals surface area contributed by atoms with Gasteiger partial charge < -0.3 is 10.6 Å². The average Bonchev–Trinajstić information content (AvgIpc) is 3.14. The van der Waals surface area contributed by atoms with E-state index >= 15 is 0 Å². The van der Waals surface area contributed by atoms with Crippen LogP contribution in [-0.4, -0.2) is 40.8 Å². The number of benzene rings is 2. The Bertz CT molecular complexity index is 1120. The third kappa shape index (κ3) is 4.88. The molecule has 0 atom stereocenters. The molecule has 0 radical (unpaired) electrons. The molecule has 4 amide bonds. The minimum Gasteiger partial charge on any atom is -0.353 e. The molecule has 0 aliphatic carbocycles. The van der Waals surface area contributed by atoms with Crippen molar-refractivity contribution in [2.45, 2.75) is 18.4 Å². The van der Waals surface area contributed by atoms with Crippen LogP contribution in [0.4, 0.5) is 4.79 Å². The van der Waals surface area contributed by atoms with E-state index in [4.69, 9.17) is 0 Å².